The molecular weight excluding hydrogens is 160 g/mol. The lowest BCUT2D eigenvalue weighted by molar-refractivity contribution is -0.146. The number of carbonyl (C=O) groups excluding carboxylic acids is 1. The minimum atomic E-state index is -0.763. The van der Waals surface area contributed by atoms with E-state index in [1.54, 1.807) is 0 Å². The van der Waals surface area contributed by atoms with E-state index in [-0.39, 0.29) is 23.9 Å². The normalized spacial score (nSPS) is 39.3. The molecule has 0 aromatic rings. The van der Waals surface area contributed by atoms with Crippen molar-refractivity contribution in [3.63, 3.8) is 0 Å². The topological polar surface area (TPSA) is 63.6 Å². The van der Waals surface area contributed by atoms with Crippen molar-refractivity contribution in [2.45, 2.75) is 25.4 Å². The number of rotatable bonds is 1. The van der Waals surface area contributed by atoms with E-state index in [0.29, 0.717) is 19.3 Å². The molecule has 2 rings (SSSR count). The lowest BCUT2D eigenvalue weighted by Crippen LogP contribution is -2.13. The second-order valence-electron chi connectivity index (χ2n) is 3.50. The van der Waals surface area contributed by atoms with Crippen molar-refractivity contribution in [2.75, 3.05) is 0 Å². The molecule has 66 valence electrons. The van der Waals surface area contributed by atoms with Crippen LogP contribution in [0.15, 0.2) is 0 Å². The van der Waals surface area contributed by atoms with Gasteiger partial charge in [-0.3, -0.25) is 9.59 Å². The molecule has 0 amide bonds. The van der Waals surface area contributed by atoms with Gasteiger partial charge in [-0.15, -0.1) is 0 Å². The van der Waals surface area contributed by atoms with Crippen LogP contribution in [0.5, 0.6) is 0 Å². The molecule has 1 aliphatic carbocycles. The Labute approximate surface area is 69.5 Å². The number of carboxylic acid groups (broad SMARTS) is 1. The Morgan fingerprint density at radius 3 is 2.83 bits per heavy atom. The number of ether oxygens (including phenoxy) is 1. The molecule has 4 nitrogen and oxygen atoms in total. The summed E-state index contributed by atoms with van der Waals surface area (Å²) in [7, 11) is 0. The fourth-order valence-electron chi connectivity index (χ4n) is 2.08. The Hall–Kier alpha value is -1.06. The van der Waals surface area contributed by atoms with E-state index >= 15 is 0 Å². The molecule has 0 bridgehead atoms. The quantitative estimate of drug-likeness (QED) is 0.579. The van der Waals surface area contributed by atoms with Gasteiger partial charge in [-0.05, 0) is 12.8 Å². The largest absolute Gasteiger partial charge is 0.481 e. The van der Waals surface area contributed by atoms with E-state index in [9.17, 15) is 9.59 Å². The number of aliphatic carboxylic acids is 1. The number of hydrogen-bond donors (Lipinski definition) is 1. The van der Waals surface area contributed by atoms with Gasteiger partial charge in [-0.25, -0.2) is 0 Å². The first-order valence-electron chi connectivity index (χ1n) is 4.09. The zero-order chi connectivity index (χ0) is 8.72. The summed E-state index contributed by atoms with van der Waals surface area (Å²) in [6.45, 7) is 0. The van der Waals surface area contributed by atoms with Gasteiger partial charge >= 0.3 is 11.9 Å². The Bertz CT molecular complexity index is 219. The highest BCUT2D eigenvalue weighted by atomic mass is 16.6. The van der Waals surface area contributed by atoms with Crippen LogP contribution in [-0.4, -0.2) is 23.1 Å². The second-order valence-corrected chi connectivity index (χ2v) is 3.50. The number of carbonyl (C=O) groups is 2. The fraction of sp³-hybridized carbons (Fsp3) is 0.750. The summed E-state index contributed by atoms with van der Waals surface area (Å²) in [6, 6.07) is 0. The SMILES string of the molecule is O=C1C[C@@H]2C[C@H](C(=O)O)C[C@@H]2O1. The van der Waals surface area contributed by atoms with Crippen LogP contribution in [0.1, 0.15) is 19.3 Å². The van der Waals surface area contributed by atoms with Crippen molar-refractivity contribution in [3.05, 3.63) is 0 Å². The Balaban J connectivity index is 2.02. The van der Waals surface area contributed by atoms with Crippen molar-refractivity contribution in [1.82, 2.24) is 0 Å². The van der Waals surface area contributed by atoms with Crippen LogP contribution in [0.4, 0.5) is 0 Å². The van der Waals surface area contributed by atoms with Crippen LogP contribution in [0.25, 0.3) is 0 Å². The third-order valence-electron chi connectivity index (χ3n) is 2.69. The molecule has 2 aliphatic rings. The first-order valence-corrected chi connectivity index (χ1v) is 4.09. The van der Waals surface area contributed by atoms with Crippen molar-refractivity contribution in [3.8, 4) is 0 Å². The van der Waals surface area contributed by atoms with Crippen LogP contribution >= 0.6 is 0 Å². The maximum atomic E-state index is 10.8. The van der Waals surface area contributed by atoms with E-state index in [1.807, 2.05) is 0 Å². The maximum Gasteiger partial charge on any atom is 0.306 e. The number of carboxylic acids is 1. The lowest BCUT2D eigenvalue weighted by Gasteiger charge is -2.04. The van der Waals surface area contributed by atoms with Gasteiger partial charge in [0.2, 0.25) is 0 Å². The second kappa shape index (κ2) is 2.47. The van der Waals surface area contributed by atoms with Crippen molar-refractivity contribution in [1.29, 1.82) is 0 Å². The zero-order valence-electron chi connectivity index (χ0n) is 6.53. The van der Waals surface area contributed by atoms with Gasteiger partial charge in [0.15, 0.2) is 0 Å². The number of fused-ring (bicyclic) bond motifs is 1. The molecule has 1 saturated heterocycles. The zero-order valence-corrected chi connectivity index (χ0v) is 6.53. The molecule has 4 heteroatoms. The van der Waals surface area contributed by atoms with E-state index in [0.717, 1.165) is 0 Å². The summed E-state index contributed by atoms with van der Waals surface area (Å²) >= 11 is 0. The first-order chi connectivity index (χ1) is 5.66. The molecule has 1 heterocycles. The van der Waals surface area contributed by atoms with Crippen LogP contribution in [-0.2, 0) is 14.3 Å². The molecule has 12 heavy (non-hydrogen) atoms. The highest BCUT2D eigenvalue weighted by Crippen LogP contribution is 2.39. The van der Waals surface area contributed by atoms with Gasteiger partial charge in [-0.1, -0.05) is 0 Å². The van der Waals surface area contributed by atoms with E-state index in [1.165, 1.54) is 0 Å². The van der Waals surface area contributed by atoms with Gasteiger partial charge in [0, 0.05) is 5.92 Å². The van der Waals surface area contributed by atoms with Crippen molar-refractivity contribution >= 4 is 11.9 Å². The van der Waals surface area contributed by atoms with Crippen LogP contribution < -0.4 is 0 Å². The summed E-state index contributed by atoms with van der Waals surface area (Å²) in [5.74, 6) is -1.07. The first kappa shape index (κ1) is 7.58. The van der Waals surface area contributed by atoms with Crippen LogP contribution in [0, 0.1) is 11.8 Å². The molecule has 1 saturated carbocycles. The van der Waals surface area contributed by atoms with Crippen LogP contribution in [0.2, 0.25) is 0 Å². The van der Waals surface area contributed by atoms with E-state index < -0.39 is 5.97 Å². The molecule has 1 N–H and O–H groups in total. The summed E-state index contributed by atoms with van der Waals surface area (Å²) in [5.41, 5.74) is 0. The molecule has 0 radical (unpaired) electrons. The van der Waals surface area contributed by atoms with Gasteiger partial charge < -0.3 is 9.84 Å². The van der Waals surface area contributed by atoms with Crippen molar-refractivity contribution < 1.29 is 19.4 Å². The molecule has 0 aromatic heterocycles. The average molecular weight is 170 g/mol. The average Bonchev–Trinajstić information content (AvgIpc) is 2.42. The smallest absolute Gasteiger partial charge is 0.306 e. The standard InChI is InChI=1S/C8H10O4/c9-7-3-4-1-5(8(10)11)2-6(4)12-7/h4-6H,1-3H2,(H,10,11)/t4-,5-,6-/m0/s1. The Kier molecular flexibility index (Phi) is 1.56. The lowest BCUT2D eigenvalue weighted by atomic mass is 10.0. The molecule has 0 aromatic carbocycles. The highest BCUT2D eigenvalue weighted by Gasteiger charge is 2.45. The van der Waals surface area contributed by atoms with Gasteiger partial charge in [0.1, 0.15) is 6.10 Å². The van der Waals surface area contributed by atoms with Gasteiger partial charge in [-0.2, -0.15) is 0 Å². The highest BCUT2D eigenvalue weighted by molar-refractivity contribution is 5.74. The molecule has 0 spiro atoms. The Morgan fingerprint density at radius 1 is 1.50 bits per heavy atom. The summed E-state index contributed by atoms with van der Waals surface area (Å²) in [6.07, 6.45) is 1.41. The van der Waals surface area contributed by atoms with Gasteiger partial charge in [0.25, 0.3) is 0 Å². The predicted octanol–water partition coefficient (Wildman–Crippen LogP) is 0.413. The third kappa shape index (κ3) is 1.07. The summed E-state index contributed by atoms with van der Waals surface area (Å²) in [4.78, 5) is 21.3. The molecule has 0 unspecified atom stereocenters. The minimum absolute atomic E-state index is 0.112. The molecule has 2 fully saturated rings. The van der Waals surface area contributed by atoms with Gasteiger partial charge in [0.05, 0.1) is 12.3 Å². The Morgan fingerprint density at radius 2 is 2.25 bits per heavy atom. The maximum absolute atomic E-state index is 10.8. The molecular formula is C8H10O4. The molecule has 1 aliphatic heterocycles. The summed E-state index contributed by atoms with van der Waals surface area (Å²) < 4.78 is 4.96. The predicted molar refractivity (Wildman–Crippen MR) is 38.3 cm³/mol. The molecule has 3 atom stereocenters. The number of hydrogen-bond acceptors (Lipinski definition) is 3. The van der Waals surface area contributed by atoms with Crippen molar-refractivity contribution in [2.24, 2.45) is 11.8 Å². The third-order valence-corrected chi connectivity index (χ3v) is 2.69. The summed E-state index contributed by atoms with van der Waals surface area (Å²) in [5, 5.41) is 8.69. The fourth-order valence-corrected chi connectivity index (χ4v) is 2.08. The monoisotopic (exact) mass is 170 g/mol. The van der Waals surface area contributed by atoms with E-state index in [2.05, 4.69) is 0 Å². The van der Waals surface area contributed by atoms with E-state index in [4.69, 9.17) is 9.84 Å². The number of esters is 1. The minimum Gasteiger partial charge on any atom is -0.481 e. The van der Waals surface area contributed by atoms with Crippen LogP contribution in [0.3, 0.4) is 0 Å².